The molecule has 0 radical (unpaired) electrons. The second-order valence-corrected chi connectivity index (χ2v) is 5.84. The Balaban J connectivity index is 1.93. The molecule has 0 saturated carbocycles. The van der Waals surface area contributed by atoms with E-state index >= 15 is 0 Å². The molecule has 0 bridgehead atoms. The number of furan rings is 1. The van der Waals surface area contributed by atoms with Crippen LogP contribution in [-0.4, -0.2) is 49.1 Å². The number of nitrogens with one attached hydrogen (secondary N) is 1. The Labute approximate surface area is 110 Å². The van der Waals surface area contributed by atoms with E-state index in [1.165, 1.54) is 0 Å². The molecule has 4 heteroatoms. The third kappa shape index (κ3) is 3.13. The number of rotatable bonds is 4. The van der Waals surface area contributed by atoms with E-state index in [9.17, 15) is 0 Å². The summed E-state index contributed by atoms with van der Waals surface area (Å²) < 4.78 is 5.80. The van der Waals surface area contributed by atoms with E-state index in [1.807, 2.05) is 7.05 Å². The average Bonchev–Trinajstić information content (AvgIpc) is 2.71. The summed E-state index contributed by atoms with van der Waals surface area (Å²) in [4.78, 5) is 4.90. The number of likely N-dealkylation sites (N-methyl/N-ethyl adjacent to an activating group) is 1. The van der Waals surface area contributed by atoms with Crippen LogP contribution in [0.1, 0.15) is 25.4 Å². The number of nitrogens with zero attached hydrogens (tertiary/aromatic N) is 2. The number of piperazine rings is 1. The van der Waals surface area contributed by atoms with Gasteiger partial charge >= 0.3 is 0 Å². The van der Waals surface area contributed by atoms with Gasteiger partial charge < -0.3 is 9.73 Å². The molecule has 2 heterocycles. The fourth-order valence-electron chi connectivity index (χ4n) is 2.47. The van der Waals surface area contributed by atoms with Crippen molar-refractivity contribution in [1.82, 2.24) is 15.1 Å². The highest BCUT2D eigenvalue weighted by molar-refractivity contribution is 5.07. The SMILES string of the molecule is CNCc1ccc(CN2CCN(C)C(C)(C)C2)o1. The Kier molecular flexibility index (Phi) is 4.10. The quantitative estimate of drug-likeness (QED) is 0.879. The predicted octanol–water partition coefficient (Wildman–Crippen LogP) is 1.52. The molecule has 0 atom stereocenters. The summed E-state index contributed by atoms with van der Waals surface area (Å²) in [5, 5.41) is 3.11. The van der Waals surface area contributed by atoms with Crippen LogP contribution in [0, 0.1) is 0 Å². The minimum atomic E-state index is 0.249. The summed E-state index contributed by atoms with van der Waals surface area (Å²) in [5.41, 5.74) is 0.249. The van der Waals surface area contributed by atoms with Gasteiger partial charge in [-0.1, -0.05) is 0 Å². The summed E-state index contributed by atoms with van der Waals surface area (Å²) in [6.07, 6.45) is 0. The number of hydrogen-bond donors (Lipinski definition) is 1. The van der Waals surface area contributed by atoms with Gasteiger partial charge in [0.25, 0.3) is 0 Å². The van der Waals surface area contributed by atoms with Crippen molar-refractivity contribution in [1.29, 1.82) is 0 Å². The average molecular weight is 251 g/mol. The first-order valence-electron chi connectivity index (χ1n) is 6.67. The fourth-order valence-corrected chi connectivity index (χ4v) is 2.47. The van der Waals surface area contributed by atoms with E-state index in [0.717, 1.165) is 44.2 Å². The van der Waals surface area contributed by atoms with Gasteiger partial charge in [-0.05, 0) is 40.1 Å². The molecule has 0 unspecified atom stereocenters. The lowest BCUT2D eigenvalue weighted by Crippen LogP contribution is -2.57. The third-order valence-electron chi connectivity index (χ3n) is 3.84. The van der Waals surface area contributed by atoms with E-state index < -0.39 is 0 Å². The van der Waals surface area contributed by atoms with Gasteiger partial charge in [0.1, 0.15) is 11.5 Å². The predicted molar refractivity (Wildman–Crippen MR) is 73.5 cm³/mol. The number of hydrogen-bond acceptors (Lipinski definition) is 4. The Morgan fingerprint density at radius 1 is 1.28 bits per heavy atom. The van der Waals surface area contributed by atoms with Crippen LogP contribution in [0.2, 0.25) is 0 Å². The summed E-state index contributed by atoms with van der Waals surface area (Å²) in [7, 11) is 4.14. The lowest BCUT2D eigenvalue weighted by atomic mass is 10.00. The third-order valence-corrected chi connectivity index (χ3v) is 3.84. The van der Waals surface area contributed by atoms with Gasteiger partial charge in [-0.25, -0.2) is 0 Å². The molecular weight excluding hydrogens is 226 g/mol. The van der Waals surface area contributed by atoms with Crippen LogP contribution in [0.15, 0.2) is 16.5 Å². The normalized spacial score (nSPS) is 21.3. The van der Waals surface area contributed by atoms with Gasteiger partial charge in [0.05, 0.1) is 13.1 Å². The lowest BCUT2D eigenvalue weighted by molar-refractivity contribution is 0.0326. The second kappa shape index (κ2) is 5.43. The van der Waals surface area contributed by atoms with Crippen molar-refractivity contribution in [3.8, 4) is 0 Å². The molecule has 2 rings (SSSR count). The molecule has 1 aliphatic heterocycles. The fraction of sp³-hybridized carbons (Fsp3) is 0.714. The van der Waals surface area contributed by atoms with Crippen LogP contribution in [0.3, 0.4) is 0 Å². The van der Waals surface area contributed by atoms with Gasteiger partial charge in [-0.2, -0.15) is 0 Å². The molecule has 102 valence electrons. The first-order chi connectivity index (χ1) is 8.51. The van der Waals surface area contributed by atoms with Gasteiger partial charge in [0.15, 0.2) is 0 Å². The van der Waals surface area contributed by atoms with Crippen LogP contribution in [-0.2, 0) is 13.1 Å². The molecule has 0 amide bonds. The maximum absolute atomic E-state index is 5.80. The molecule has 1 fully saturated rings. The maximum atomic E-state index is 5.80. The summed E-state index contributed by atoms with van der Waals surface area (Å²) in [6.45, 7) is 9.64. The molecule has 4 nitrogen and oxygen atoms in total. The van der Waals surface area contributed by atoms with Gasteiger partial charge in [-0.15, -0.1) is 0 Å². The smallest absolute Gasteiger partial charge is 0.118 e. The van der Waals surface area contributed by atoms with Gasteiger partial charge in [0, 0.05) is 25.2 Å². The molecule has 1 N–H and O–H groups in total. The van der Waals surface area contributed by atoms with E-state index in [2.05, 4.69) is 48.1 Å². The van der Waals surface area contributed by atoms with E-state index in [4.69, 9.17) is 4.42 Å². The summed E-state index contributed by atoms with van der Waals surface area (Å²) >= 11 is 0. The Morgan fingerprint density at radius 3 is 2.67 bits per heavy atom. The minimum absolute atomic E-state index is 0.249. The Hall–Kier alpha value is -0.840. The molecule has 18 heavy (non-hydrogen) atoms. The van der Waals surface area contributed by atoms with E-state index in [0.29, 0.717) is 0 Å². The van der Waals surface area contributed by atoms with Crippen LogP contribution in [0.5, 0.6) is 0 Å². The van der Waals surface area contributed by atoms with Crippen molar-refractivity contribution < 1.29 is 4.42 Å². The van der Waals surface area contributed by atoms with Crippen LogP contribution in [0.25, 0.3) is 0 Å². The van der Waals surface area contributed by atoms with Crippen molar-refractivity contribution >= 4 is 0 Å². The zero-order valence-electron chi connectivity index (χ0n) is 12.0. The van der Waals surface area contributed by atoms with E-state index in [1.54, 1.807) is 0 Å². The highest BCUT2D eigenvalue weighted by Gasteiger charge is 2.31. The topological polar surface area (TPSA) is 31.6 Å². The highest BCUT2D eigenvalue weighted by atomic mass is 16.3. The van der Waals surface area contributed by atoms with Crippen LogP contribution in [0.4, 0.5) is 0 Å². The van der Waals surface area contributed by atoms with E-state index in [-0.39, 0.29) is 5.54 Å². The first kappa shape index (κ1) is 13.6. The Morgan fingerprint density at radius 2 is 2.00 bits per heavy atom. The zero-order valence-corrected chi connectivity index (χ0v) is 12.0. The lowest BCUT2D eigenvalue weighted by Gasteiger charge is -2.45. The van der Waals surface area contributed by atoms with Crippen molar-refractivity contribution in [3.05, 3.63) is 23.7 Å². The zero-order chi connectivity index (χ0) is 13.2. The standard InChI is InChI=1S/C14H25N3O/c1-14(2)11-17(8-7-16(14)4)10-13-6-5-12(18-13)9-15-3/h5-6,15H,7-11H2,1-4H3. The summed E-state index contributed by atoms with van der Waals surface area (Å²) in [5.74, 6) is 2.08. The molecule has 0 spiro atoms. The second-order valence-electron chi connectivity index (χ2n) is 5.84. The van der Waals surface area contributed by atoms with Crippen molar-refractivity contribution in [2.24, 2.45) is 0 Å². The minimum Gasteiger partial charge on any atom is -0.463 e. The molecular formula is C14H25N3O. The molecule has 1 aromatic heterocycles. The Bertz CT molecular complexity index is 386. The first-order valence-corrected chi connectivity index (χ1v) is 6.67. The van der Waals surface area contributed by atoms with Crippen molar-refractivity contribution in [3.63, 3.8) is 0 Å². The highest BCUT2D eigenvalue weighted by Crippen LogP contribution is 2.21. The largest absolute Gasteiger partial charge is 0.463 e. The molecule has 0 aromatic carbocycles. The molecule has 0 aliphatic carbocycles. The molecule has 1 aromatic rings. The molecule has 1 saturated heterocycles. The van der Waals surface area contributed by atoms with Crippen LogP contribution < -0.4 is 5.32 Å². The van der Waals surface area contributed by atoms with Crippen molar-refractivity contribution in [2.45, 2.75) is 32.5 Å². The van der Waals surface area contributed by atoms with Crippen molar-refractivity contribution in [2.75, 3.05) is 33.7 Å². The molecule has 1 aliphatic rings. The van der Waals surface area contributed by atoms with Crippen LogP contribution >= 0.6 is 0 Å². The maximum Gasteiger partial charge on any atom is 0.118 e. The summed E-state index contributed by atoms with van der Waals surface area (Å²) in [6, 6.07) is 4.16. The van der Waals surface area contributed by atoms with Gasteiger partial charge in [-0.3, -0.25) is 9.80 Å². The van der Waals surface area contributed by atoms with Gasteiger partial charge in [0.2, 0.25) is 0 Å². The monoisotopic (exact) mass is 251 g/mol.